The van der Waals surface area contributed by atoms with Gasteiger partial charge in [-0.2, -0.15) is 0 Å². The summed E-state index contributed by atoms with van der Waals surface area (Å²) in [5.41, 5.74) is 2.82. The van der Waals surface area contributed by atoms with Gasteiger partial charge < -0.3 is 10.0 Å². The number of hydrogen-bond donors (Lipinski definition) is 1. The molecule has 1 N–H and O–H groups in total. The summed E-state index contributed by atoms with van der Waals surface area (Å²) in [4.78, 5) is 11.3. The van der Waals surface area contributed by atoms with Crippen LogP contribution in [0.25, 0.3) is 0 Å². The second-order valence-corrected chi connectivity index (χ2v) is 6.28. The fraction of sp³-hybridized carbons (Fsp3) is 0.600. The Kier molecular flexibility index (Phi) is 4.69. The zero-order chi connectivity index (χ0) is 14.8. The second kappa shape index (κ2) is 5.70. The Hall–Kier alpha value is -1.42. The van der Waals surface area contributed by atoms with Gasteiger partial charge in [0, 0.05) is 23.1 Å². The standard InChI is InChI=1S/C15H25N3O/c1-10(19)8-12-11(2)16-13(9-18(6)7)17-14(12)15(3,4)5/h19H,1,8-9H2,2-7H3. The van der Waals surface area contributed by atoms with Crippen LogP contribution in [-0.2, 0) is 18.4 Å². The van der Waals surface area contributed by atoms with Crippen LogP contribution in [0.2, 0.25) is 0 Å². The lowest BCUT2D eigenvalue weighted by atomic mass is 9.86. The van der Waals surface area contributed by atoms with Crippen molar-refractivity contribution in [3.63, 3.8) is 0 Å². The molecule has 0 atom stereocenters. The Balaban J connectivity index is 3.34. The van der Waals surface area contributed by atoms with E-state index in [0.29, 0.717) is 13.0 Å². The number of aryl methyl sites for hydroxylation is 1. The lowest BCUT2D eigenvalue weighted by Gasteiger charge is -2.24. The van der Waals surface area contributed by atoms with Crippen LogP contribution in [0.1, 0.15) is 43.5 Å². The van der Waals surface area contributed by atoms with Gasteiger partial charge in [0.25, 0.3) is 0 Å². The Bertz CT molecular complexity index is 473. The van der Waals surface area contributed by atoms with Gasteiger partial charge in [-0.05, 0) is 21.0 Å². The van der Waals surface area contributed by atoms with E-state index in [9.17, 15) is 5.11 Å². The molecule has 0 amide bonds. The van der Waals surface area contributed by atoms with E-state index < -0.39 is 0 Å². The molecule has 0 bridgehead atoms. The SMILES string of the molecule is C=C(O)Cc1c(C)nc(CN(C)C)nc1C(C)(C)C. The van der Waals surface area contributed by atoms with E-state index in [-0.39, 0.29) is 11.2 Å². The van der Waals surface area contributed by atoms with Gasteiger partial charge in [0.15, 0.2) is 0 Å². The highest BCUT2D eigenvalue weighted by atomic mass is 16.3. The summed E-state index contributed by atoms with van der Waals surface area (Å²) >= 11 is 0. The van der Waals surface area contributed by atoms with E-state index in [0.717, 1.165) is 22.8 Å². The normalized spacial score (nSPS) is 11.9. The maximum Gasteiger partial charge on any atom is 0.142 e. The van der Waals surface area contributed by atoms with Crippen molar-refractivity contribution >= 4 is 0 Å². The zero-order valence-electron chi connectivity index (χ0n) is 12.9. The van der Waals surface area contributed by atoms with E-state index in [4.69, 9.17) is 4.98 Å². The van der Waals surface area contributed by atoms with Gasteiger partial charge in [-0.3, -0.25) is 0 Å². The molecule has 0 aromatic carbocycles. The second-order valence-electron chi connectivity index (χ2n) is 6.28. The third-order valence-electron chi connectivity index (χ3n) is 2.81. The average Bonchev–Trinajstić information content (AvgIpc) is 2.18. The van der Waals surface area contributed by atoms with Gasteiger partial charge in [0.1, 0.15) is 5.82 Å². The molecule has 0 saturated carbocycles. The highest BCUT2D eigenvalue weighted by Crippen LogP contribution is 2.27. The summed E-state index contributed by atoms with van der Waals surface area (Å²) in [6, 6.07) is 0. The smallest absolute Gasteiger partial charge is 0.142 e. The van der Waals surface area contributed by atoms with Crippen LogP contribution in [0.3, 0.4) is 0 Å². The van der Waals surface area contributed by atoms with Crippen molar-refractivity contribution in [3.8, 4) is 0 Å². The lowest BCUT2D eigenvalue weighted by Crippen LogP contribution is -2.22. The number of aliphatic hydroxyl groups excluding tert-OH is 1. The summed E-state index contributed by atoms with van der Waals surface area (Å²) in [5, 5.41) is 9.48. The van der Waals surface area contributed by atoms with E-state index >= 15 is 0 Å². The molecule has 4 nitrogen and oxygen atoms in total. The fourth-order valence-corrected chi connectivity index (χ4v) is 2.04. The largest absolute Gasteiger partial charge is 0.513 e. The molecule has 106 valence electrons. The van der Waals surface area contributed by atoms with Gasteiger partial charge >= 0.3 is 0 Å². The van der Waals surface area contributed by atoms with Crippen LogP contribution < -0.4 is 0 Å². The predicted octanol–water partition coefficient (Wildman–Crippen LogP) is 2.76. The van der Waals surface area contributed by atoms with Gasteiger partial charge in [-0.15, -0.1) is 0 Å². The van der Waals surface area contributed by atoms with Crippen LogP contribution in [0.5, 0.6) is 0 Å². The van der Waals surface area contributed by atoms with Crippen LogP contribution in [-0.4, -0.2) is 34.1 Å². The van der Waals surface area contributed by atoms with Crippen LogP contribution in [0.15, 0.2) is 12.3 Å². The van der Waals surface area contributed by atoms with Gasteiger partial charge in [0.2, 0.25) is 0 Å². The van der Waals surface area contributed by atoms with Crippen LogP contribution in [0.4, 0.5) is 0 Å². The molecule has 1 aromatic rings. The summed E-state index contributed by atoms with van der Waals surface area (Å²) in [6.07, 6.45) is 0.417. The van der Waals surface area contributed by atoms with Crippen molar-refractivity contribution in [2.45, 2.75) is 46.1 Å². The molecule has 0 fully saturated rings. The quantitative estimate of drug-likeness (QED) is 0.849. The third kappa shape index (κ3) is 4.31. The minimum Gasteiger partial charge on any atom is -0.513 e. The number of hydrogen-bond acceptors (Lipinski definition) is 4. The first kappa shape index (κ1) is 15.6. The van der Waals surface area contributed by atoms with Crippen molar-refractivity contribution in [3.05, 3.63) is 35.1 Å². The van der Waals surface area contributed by atoms with Gasteiger partial charge in [-0.1, -0.05) is 27.4 Å². The fourth-order valence-electron chi connectivity index (χ4n) is 2.04. The molecule has 0 aliphatic rings. The molecule has 0 aliphatic heterocycles. The third-order valence-corrected chi connectivity index (χ3v) is 2.81. The van der Waals surface area contributed by atoms with E-state index in [1.807, 2.05) is 25.9 Å². The monoisotopic (exact) mass is 263 g/mol. The summed E-state index contributed by atoms with van der Waals surface area (Å²) < 4.78 is 0. The first-order valence-corrected chi connectivity index (χ1v) is 6.49. The molecular formula is C15H25N3O. The molecule has 0 radical (unpaired) electrons. The topological polar surface area (TPSA) is 49.3 Å². The minimum atomic E-state index is -0.0838. The molecule has 1 aromatic heterocycles. The van der Waals surface area contributed by atoms with E-state index in [1.165, 1.54) is 0 Å². The Labute approximate surface area is 116 Å². The van der Waals surface area contributed by atoms with Gasteiger partial charge in [0.05, 0.1) is 18.0 Å². The molecule has 0 aliphatic carbocycles. The van der Waals surface area contributed by atoms with Crippen molar-refractivity contribution in [2.24, 2.45) is 0 Å². The first-order chi connectivity index (χ1) is 8.61. The number of allylic oxidation sites excluding steroid dienone is 1. The van der Waals surface area contributed by atoms with Crippen LogP contribution >= 0.6 is 0 Å². The van der Waals surface area contributed by atoms with Crippen molar-refractivity contribution in [1.82, 2.24) is 14.9 Å². The first-order valence-electron chi connectivity index (χ1n) is 6.49. The summed E-state index contributed by atoms with van der Waals surface area (Å²) in [5.74, 6) is 0.970. The molecule has 0 unspecified atom stereocenters. The number of nitrogens with zero attached hydrogens (tertiary/aromatic N) is 3. The Morgan fingerprint density at radius 3 is 2.26 bits per heavy atom. The zero-order valence-corrected chi connectivity index (χ0v) is 12.9. The predicted molar refractivity (Wildman–Crippen MR) is 78.3 cm³/mol. The van der Waals surface area contributed by atoms with Crippen molar-refractivity contribution in [1.29, 1.82) is 0 Å². The van der Waals surface area contributed by atoms with Crippen molar-refractivity contribution < 1.29 is 5.11 Å². The molecule has 1 rings (SSSR count). The Morgan fingerprint density at radius 2 is 1.84 bits per heavy atom. The Morgan fingerprint density at radius 1 is 1.26 bits per heavy atom. The summed E-state index contributed by atoms with van der Waals surface area (Å²) in [7, 11) is 4.00. The maximum atomic E-state index is 9.48. The van der Waals surface area contributed by atoms with Gasteiger partial charge in [-0.25, -0.2) is 9.97 Å². The molecule has 0 spiro atoms. The van der Waals surface area contributed by atoms with Crippen molar-refractivity contribution in [2.75, 3.05) is 14.1 Å². The molecule has 4 heteroatoms. The number of aliphatic hydroxyl groups is 1. The van der Waals surface area contributed by atoms with E-state index in [1.54, 1.807) is 0 Å². The maximum absolute atomic E-state index is 9.48. The molecule has 1 heterocycles. The lowest BCUT2D eigenvalue weighted by molar-refractivity contribution is 0.384. The molecule has 19 heavy (non-hydrogen) atoms. The van der Waals surface area contributed by atoms with E-state index in [2.05, 4.69) is 32.3 Å². The summed E-state index contributed by atoms with van der Waals surface area (Å²) in [6.45, 7) is 12.6. The highest BCUT2D eigenvalue weighted by Gasteiger charge is 2.23. The number of aromatic nitrogens is 2. The molecular weight excluding hydrogens is 238 g/mol. The minimum absolute atomic E-state index is 0.0838. The van der Waals surface area contributed by atoms with Crippen LogP contribution in [0, 0.1) is 6.92 Å². The number of rotatable bonds is 4. The highest BCUT2D eigenvalue weighted by molar-refractivity contribution is 5.32. The average molecular weight is 263 g/mol. The molecule has 0 saturated heterocycles.